The van der Waals surface area contributed by atoms with Crippen LogP contribution in [0.4, 0.5) is 5.00 Å². The molecule has 8 nitrogen and oxygen atoms in total. The monoisotopic (exact) mass is 417 g/mol. The molecule has 0 saturated carbocycles. The van der Waals surface area contributed by atoms with Crippen LogP contribution in [0.15, 0.2) is 36.4 Å². The molecule has 0 radical (unpaired) electrons. The molecule has 1 fully saturated rings. The molecule has 2 heterocycles. The van der Waals surface area contributed by atoms with Crippen LogP contribution >= 0.6 is 11.3 Å². The van der Waals surface area contributed by atoms with Gasteiger partial charge in [0.05, 0.1) is 16.4 Å². The van der Waals surface area contributed by atoms with Crippen molar-refractivity contribution in [3.8, 4) is 5.75 Å². The molecule has 1 saturated heterocycles. The van der Waals surface area contributed by atoms with E-state index in [9.17, 15) is 19.7 Å². The molecule has 0 aliphatic carbocycles. The number of hydrogen-bond donors (Lipinski definition) is 0. The van der Waals surface area contributed by atoms with Crippen LogP contribution in [0.25, 0.3) is 0 Å². The third kappa shape index (κ3) is 5.11. The fourth-order valence-corrected chi connectivity index (χ4v) is 3.81. The Hall–Kier alpha value is -2.94. The van der Waals surface area contributed by atoms with E-state index in [1.807, 2.05) is 0 Å². The predicted octanol–water partition coefficient (Wildman–Crippen LogP) is 3.43. The second-order valence-corrected chi connectivity index (χ2v) is 7.77. The Balaban J connectivity index is 1.53. The average Bonchev–Trinajstić information content (AvgIpc) is 3.24. The van der Waals surface area contributed by atoms with E-state index in [0.717, 1.165) is 29.9 Å². The van der Waals surface area contributed by atoms with E-state index in [1.165, 1.54) is 12.1 Å². The molecule has 154 valence electrons. The third-order valence-corrected chi connectivity index (χ3v) is 5.73. The highest BCUT2D eigenvalue weighted by Gasteiger charge is 2.27. The summed E-state index contributed by atoms with van der Waals surface area (Å²) in [4.78, 5) is 39.2. The number of nitro groups is 1. The largest absolute Gasteiger partial charge is 0.494 e. The van der Waals surface area contributed by atoms with E-state index >= 15 is 0 Å². The minimum absolute atomic E-state index is 0.0516. The summed E-state index contributed by atoms with van der Waals surface area (Å²) in [5, 5.41) is 10.7. The summed E-state index contributed by atoms with van der Waals surface area (Å²) in [6.07, 6.45) is 2.05. The second kappa shape index (κ2) is 9.51. The minimum atomic E-state index is -0.502. The van der Waals surface area contributed by atoms with Gasteiger partial charge in [-0.2, -0.15) is 0 Å². The lowest BCUT2D eigenvalue weighted by molar-refractivity contribution is -0.380. The number of carbonyl (C=O) groups is 2. The van der Waals surface area contributed by atoms with Gasteiger partial charge in [0.2, 0.25) is 0 Å². The van der Waals surface area contributed by atoms with Gasteiger partial charge in [0.1, 0.15) is 5.75 Å². The molecule has 29 heavy (non-hydrogen) atoms. The molecule has 1 aliphatic heterocycles. The molecule has 1 aromatic heterocycles. The number of rotatable bonds is 7. The number of unbranched alkanes of at least 4 members (excludes halogenated alkanes) is 1. The molecule has 1 aliphatic rings. The zero-order chi connectivity index (χ0) is 20.8. The van der Waals surface area contributed by atoms with E-state index in [1.54, 1.807) is 34.1 Å². The first-order valence-electron chi connectivity index (χ1n) is 9.55. The lowest BCUT2D eigenvalue weighted by Crippen LogP contribution is -2.50. The number of ether oxygens (including phenoxy) is 1. The molecule has 0 spiro atoms. The first-order chi connectivity index (χ1) is 14.0. The first kappa shape index (κ1) is 20.8. The Kier molecular flexibility index (Phi) is 6.82. The van der Waals surface area contributed by atoms with Gasteiger partial charge in [-0.1, -0.05) is 24.7 Å². The quantitative estimate of drug-likeness (QED) is 0.391. The number of hydrogen-bond acceptors (Lipinski definition) is 6. The van der Waals surface area contributed by atoms with Gasteiger partial charge in [-0.15, -0.1) is 0 Å². The first-order valence-corrected chi connectivity index (χ1v) is 10.4. The van der Waals surface area contributed by atoms with Crippen molar-refractivity contribution in [3.63, 3.8) is 0 Å². The van der Waals surface area contributed by atoms with Gasteiger partial charge in [0.25, 0.3) is 11.8 Å². The molecule has 2 amide bonds. The van der Waals surface area contributed by atoms with Crippen LogP contribution in [-0.2, 0) is 0 Å². The lowest BCUT2D eigenvalue weighted by Gasteiger charge is -2.34. The SMILES string of the molecule is CCCCOc1ccc(C(=O)N2CCN(C(=O)c3ccc([N+](=O)[O-])s3)CC2)cc1. The number of benzene rings is 1. The maximum Gasteiger partial charge on any atom is 0.324 e. The number of carbonyl (C=O) groups excluding carboxylic acids is 2. The highest BCUT2D eigenvalue weighted by atomic mass is 32.1. The highest BCUT2D eigenvalue weighted by molar-refractivity contribution is 7.17. The summed E-state index contributed by atoms with van der Waals surface area (Å²) in [6, 6.07) is 9.93. The summed E-state index contributed by atoms with van der Waals surface area (Å²) in [6.45, 7) is 4.40. The van der Waals surface area contributed by atoms with Gasteiger partial charge in [0, 0.05) is 37.8 Å². The summed E-state index contributed by atoms with van der Waals surface area (Å²) < 4.78 is 5.62. The van der Waals surface area contributed by atoms with Gasteiger partial charge < -0.3 is 14.5 Å². The average molecular weight is 417 g/mol. The summed E-state index contributed by atoms with van der Waals surface area (Å²) in [5.74, 6) is 0.434. The highest BCUT2D eigenvalue weighted by Crippen LogP contribution is 2.25. The van der Waals surface area contributed by atoms with Crippen LogP contribution in [0.2, 0.25) is 0 Å². The fourth-order valence-electron chi connectivity index (χ4n) is 3.02. The minimum Gasteiger partial charge on any atom is -0.494 e. The van der Waals surface area contributed by atoms with E-state index in [2.05, 4.69) is 6.92 Å². The van der Waals surface area contributed by atoms with Gasteiger partial charge in [-0.05, 0) is 36.8 Å². The Morgan fingerprint density at radius 1 is 1.03 bits per heavy atom. The van der Waals surface area contributed by atoms with Crippen molar-refractivity contribution < 1.29 is 19.2 Å². The molecule has 0 atom stereocenters. The molecule has 0 bridgehead atoms. The van der Waals surface area contributed by atoms with Crippen molar-refractivity contribution in [1.82, 2.24) is 9.80 Å². The van der Waals surface area contributed by atoms with Crippen LogP contribution in [-0.4, -0.2) is 59.3 Å². The Labute approximate surface area is 172 Å². The van der Waals surface area contributed by atoms with Crippen LogP contribution < -0.4 is 4.74 Å². The van der Waals surface area contributed by atoms with Crippen molar-refractivity contribution >= 4 is 28.2 Å². The molecule has 0 unspecified atom stereocenters. The Bertz CT molecular complexity index is 872. The van der Waals surface area contributed by atoms with Crippen LogP contribution in [0, 0.1) is 10.1 Å². The maximum atomic E-state index is 12.7. The lowest BCUT2D eigenvalue weighted by atomic mass is 10.1. The molecular formula is C20H23N3O5S. The van der Waals surface area contributed by atoms with Crippen LogP contribution in [0.3, 0.4) is 0 Å². The second-order valence-electron chi connectivity index (χ2n) is 6.71. The number of amides is 2. The molecule has 3 rings (SSSR count). The summed E-state index contributed by atoms with van der Waals surface area (Å²) in [7, 11) is 0. The Morgan fingerprint density at radius 3 is 2.21 bits per heavy atom. The molecule has 2 aromatic rings. The van der Waals surface area contributed by atoms with Gasteiger partial charge in [-0.25, -0.2) is 0 Å². The fraction of sp³-hybridized carbons (Fsp3) is 0.400. The van der Waals surface area contributed by atoms with E-state index in [4.69, 9.17) is 4.74 Å². The third-order valence-electron chi connectivity index (χ3n) is 4.70. The zero-order valence-corrected chi connectivity index (χ0v) is 17.0. The van der Waals surface area contributed by atoms with Crippen molar-refractivity contribution in [2.24, 2.45) is 0 Å². The van der Waals surface area contributed by atoms with Crippen LogP contribution in [0.5, 0.6) is 5.75 Å². The molecule has 1 aromatic carbocycles. The summed E-state index contributed by atoms with van der Waals surface area (Å²) in [5.41, 5.74) is 0.585. The van der Waals surface area contributed by atoms with Crippen molar-refractivity contribution in [2.45, 2.75) is 19.8 Å². The summed E-state index contributed by atoms with van der Waals surface area (Å²) >= 11 is 0.872. The van der Waals surface area contributed by atoms with Crippen molar-refractivity contribution in [2.75, 3.05) is 32.8 Å². The zero-order valence-electron chi connectivity index (χ0n) is 16.2. The van der Waals surface area contributed by atoms with E-state index < -0.39 is 4.92 Å². The van der Waals surface area contributed by atoms with E-state index in [0.29, 0.717) is 43.2 Å². The standard InChI is InChI=1S/C20H23N3O5S/c1-2-3-14-28-16-6-4-15(5-7-16)19(24)21-10-12-22(13-11-21)20(25)17-8-9-18(29-17)23(26)27/h4-9H,2-3,10-14H2,1H3. The maximum absolute atomic E-state index is 12.7. The smallest absolute Gasteiger partial charge is 0.324 e. The van der Waals surface area contributed by atoms with E-state index in [-0.39, 0.29) is 16.8 Å². The van der Waals surface area contributed by atoms with Gasteiger partial charge >= 0.3 is 5.00 Å². The van der Waals surface area contributed by atoms with Gasteiger partial charge in [0.15, 0.2) is 0 Å². The topological polar surface area (TPSA) is 93.0 Å². The molecule has 9 heteroatoms. The van der Waals surface area contributed by atoms with Crippen molar-refractivity contribution in [1.29, 1.82) is 0 Å². The molecule has 0 N–H and O–H groups in total. The normalized spacial score (nSPS) is 14.0. The Morgan fingerprint density at radius 2 is 1.66 bits per heavy atom. The van der Waals surface area contributed by atoms with Gasteiger partial charge in [-0.3, -0.25) is 19.7 Å². The number of piperazine rings is 1. The molecular weight excluding hydrogens is 394 g/mol. The number of thiophene rings is 1. The van der Waals surface area contributed by atoms with Crippen LogP contribution in [0.1, 0.15) is 39.8 Å². The van der Waals surface area contributed by atoms with Crippen molar-refractivity contribution in [3.05, 3.63) is 57.0 Å². The number of nitrogens with zero attached hydrogens (tertiary/aromatic N) is 3. The predicted molar refractivity (Wildman–Crippen MR) is 110 cm³/mol.